The monoisotopic (exact) mass is 326 g/mol. The van der Waals surface area contributed by atoms with Gasteiger partial charge in [0.05, 0.1) is 0 Å². The van der Waals surface area contributed by atoms with Crippen LogP contribution in [0.5, 0.6) is 0 Å². The molecular formula is C20H20F2N2. The summed E-state index contributed by atoms with van der Waals surface area (Å²) < 4.78 is 27.4. The fourth-order valence-corrected chi connectivity index (χ4v) is 5.62. The highest BCUT2D eigenvalue weighted by atomic mass is 19.1. The van der Waals surface area contributed by atoms with Crippen molar-refractivity contribution in [1.29, 1.82) is 0 Å². The highest BCUT2D eigenvalue weighted by molar-refractivity contribution is 5.66. The third-order valence-electron chi connectivity index (χ3n) is 6.33. The molecule has 3 aliphatic rings. The van der Waals surface area contributed by atoms with E-state index >= 15 is 0 Å². The van der Waals surface area contributed by atoms with Gasteiger partial charge in [0.15, 0.2) is 0 Å². The van der Waals surface area contributed by atoms with Gasteiger partial charge in [0.1, 0.15) is 11.6 Å². The first-order valence-electron chi connectivity index (χ1n) is 8.60. The number of hydrogen-bond donors (Lipinski definition) is 2. The Labute approximate surface area is 140 Å². The highest BCUT2D eigenvalue weighted by Gasteiger charge is 2.58. The maximum absolute atomic E-state index is 13.7. The predicted octanol–water partition coefficient (Wildman–Crippen LogP) is 4.85. The Bertz CT molecular complexity index is 850. The lowest BCUT2D eigenvalue weighted by molar-refractivity contribution is 0.311. The van der Waals surface area contributed by atoms with Crippen LogP contribution in [0, 0.1) is 17.6 Å². The topological polar surface area (TPSA) is 24.1 Å². The van der Waals surface area contributed by atoms with Crippen LogP contribution in [0.4, 0.5) is 20.2 Å². The Kier molecular flexibility index (Phi) is 2.67. The van der Waals surface area contributed by atoms with E-state index in [1.807, 2.05) is 12.1 Å². The molecule has 2 bridgehead atoms. The number of rotatable bonds is 0. The molecule has 1 aliphatic carbocycles. The van der Waals surface area contributed by atoms with Crippen molar-refractivity contribution in [2.24, 2.45) is 5.92 Å². The summed E-state index contributed by atoms with van der Waals surface area (Å²) in [5.41, 5.74) is 4.11. The van der Waals surface area contributed by atoms with E-state index < -0.39 is 0 Å². The van der Waals surface area contributed by atoms with E-state index in [-0.39, 0.29) is 23.2 Å². The van der Waals surface area contributed by atoms with Gasteiger partial charge < -0.3 is 10.6 Å². The summed E-state index contributed by atoms with van der Waals surface area (Å²) in [5.74, 6) is 0.616. The second-order valence-electron chi connectivity index (χ2n) is 7.80. The largest absolute Gasteiger partial charge is 0.382 e. The molecule has 0 amide bonds. The number of anilines is 2. The van der Waals surface area contributed by atoms with E-state index in [0.717, 1.165) is 17.8 Å². The number of benzene rings is 2. The van der Waals surface area contributed by atoms with Crippen LogP contribution in [0.15, 0.2) is 36.4 Å². The van der Waals surface area contributed by atoms with E-state index in [4.69, 9.17) is 0 Å². The molecule has 2 unspecified atom stereocenters. The summed E-state index contributed by atoms with van der Waals surface area (Å²) in [6, 6.07) is 10.4. The van der Waals surface area contributed by atoms with E-state index in [9.17, 15) is 8.78 Å². The standard InChI is InChI=1S/C20H20F2N2/c1-10-19-18(14-6-4-11(21)7-16(14)23-10)15-9-20(19,2)24-17-8-12(22)3-5-13(15)17/h3-8,10,15,18-19,23-24H,9H2,1-2H3/t10-,15?,18+,19+,20?/m0/s1. The average molecular weight is 326 g/mol. The minimum Gasteiger partial charge on any atom is -0.382 e. The lowest BCUT2D eigenvalue weighted by Crippen LogP contribution is -2.49. The van der Waals surface area contributed by atoms with Gasteiger partial charge in [-0.15, -0.1) is 0 Å². The quantitative estimate of drug-likeness (QED) is 0.723. The van der Waals surface area contributed by atoms with Crippen molar-refractivity contribution < 1.29 is 8.78 Å². The smallest absolute Gasteiger partial charge is 0.125 e. The molecule has 2 aromatic rings. The molecule has 2 aliphatic heterocycles. The van der Waals surface area contributed by atoms with Gasteiger partial charge in [0.25, 0.3) is 0 Å². The SMILES string of the molecule is C[C@@H]1Nc2cc(F)ccc2[C@@H]2C3CC(C)(Nc4cc(F)ccc43)[C@H]12. The summed E-state index contributed by atoms with van der Waals surface area (Å²) in [6.45, 7) is 4.41. The number of nitrogens with one attached hydrogen (secondary N) is 2. The molecule has 0 radical (unpaired) electrons. The lowest BCUT2D eigenvalue weighted by Gasteiger charge is -2.43. The molecule has 2 N–H and O–H groups in total. The molecule has 2 heterocycles. The van der Waals surface area contributed by atoms with Gasteiger partial charge in [-0.05, 0) is 67.5 Å². The number of hydrogen-bond acceptors (Lipinski definition) is 2. The molecule has 4 heteroatoms. The Morgan fingerprint density at radius 3 is 2.42 bits per heavy atom. The van der Waals surface area contributed by atoms with Crippen LogP contribution in [0.25, 0.3) is 0 Å². The molecule has 2 nitrogen and oxygen atoms in total. The second kappa shape index (κ2) is 4.50. The first-order valence-corrected chi connectivity index (χ1v) is 8.60. The zero-order chi connectivity index (χ0) is 16.6. The van der Waals surface area contributed by atoms with Gasteiger partial charge in [-0.3, -0.25) is 0 Å². The van der Waals surface area contributed by atoms with E-state index in [1.165, 1.54) is 11.1 Å². The van der Waals surface area contributed by atoms with E-state index in [2.05, 4.69) is 24.5 Å². The molecule has 5 atom stereocenters. The van der Waals surface area contributed by atoms with Gasteiger partial charge in [-0.1, -0.05) is 12.1 Å². The normalized spacial score (nSPS) is 35.3. The van der Waals surface area contributed by atoms with Crippen molar-refractivity contribution in [2.75, 3.05) is 10.6 Å². The summed E-state index contributed by atoms with van der Waals surface area (Å²) in [7, 11) is 0. The highest BCUT2D eigenvalue weighted by Crippen LogP contribution is 2.63. The van der Waals surface area contributed by atoms with Crippen LogP contribution in [0.3, 0.4) is 0 Å². The lowest BCUT2D eigenvalue weighted by atomic mass is 9.72. The van der Waals surface area contributed by atoms with Crippen molar-refractivity contribution in [1.82, 2.24) is 0 Å². The summed E-state index contributed by atoms with van der Waals surface area (Å²) >= 11 is 0. The molecule has 124 valence electrons. The predicted molar refractivity (Wildman–Crippen MR) is 91.5 cm³/mol. The summed E-state index contributed by atoms with van der Waals surface area (Å²) in [4.78, 5) is 0. The molecule has 0 saturated heterocycles. The minimum absolute atomic E-state index is 0.0887. The molecular weight excluding hydrogens is 306 g/mol. The van der Waals surface area contributed by atoms with Crippen molar-refractivity contribution in [3.63, 3.8) is 0 Å². The molecule has 0 aromatic heterocycles. The molecule has 24 heavy (non-hydrogen) atoms. The number of fused-ring (bicyclic) bond motifs is 9. The first-order chi connectivity index (χ1) is 11.5. The van der Waals surface area contributed by atoms with Crippen LogP contribution < -0.4 is 10.6 Å². The van der Waals surface area contributed by atoms with Gasteiger partial charge in [-0.2, -0.15) is 0 Å². The minimum atomic E-state index is -0.209. The van der Waals surface area contributed by atoms with Gasteiger partial charge in [0, 0.05) is 28.9 Å². The Balaban J connectivity index is 1.72. The average Bonchev–Trinajstić information content (AvgIpc) is 2.76. The van der Waals surface area contributed by atoms with Gasteiger partial charge >= 0.3 is 0 Å². The van der Waals surface area contributed by atoms with Crippen LogP contribution in [0.1, 0.15) is 43.2 Å². The maximum atomic E-state index is 13.7. The van der Waals surface area contributed by atoms with Crippen LogP contribution in [-0.4, -0.2) is 11.6 Å². The van der Waals surface area contributed by atoms with E-state index in [0.29, 0.717) is 17.8 Å². The van der Waals surface area contributed by atoms with Crippen LogP contribution in [0.2, 0.25) is 0 Å². The maximum Gasteiger partial charge on any atom is 0.125 e. The fourth-order valence-electron chi connectivity index (χ4n) is 5.62. The van der Waals surface area contributed by atoms with Gasteiger partial charge in [-0.25, -0.2) is 8.78 Å². The Hall–Kier alpha value is -2.10. The van der Waals surface area contributed by atoms with Gasteiger partial charge in [0.2, 0.25) is 0 Å². The van der Waals surface area contributed by atoms with Crippen molar-refractivity contribution in [3.05, 3.63) is 59.2 Å². The molecule has 0 spiro atoms. The zero-order valence-electron chi connectivity index (χ0n) is 13.7. The zero-order valence-corrected chi connectivity index (χ0v) is 13.7. The molecule has 1 fully saturated rings. The summed E-state index contributed by atoms with van der Waals surface area (Å²) in [5, 5.41) is 7.12. The third-order valence-corrected chi connectivity index (χ3v) is 6.33. The molecule has 2 aromatic carbocycles. The second-order valence-corrected chi connectivity index (χ2v) is 7.80. The van der Waals surface area contributed by atoms with Crippen molar-refractivity contribution in [3.8, 4) is 0 Å². The molecule has 1 saturated carbocycles. The van der Waals surface area contributed by atoms with Crippen molar-refractivity contribution >= 4 is 11.4 Å². The summed E-state index contributed by atoms with van der Waals surface area (Å²) in [6.07, 6.45) is 1.02. The fraction of sp³-hybridized carbons (Fsp3) is 0.400. The van der Waals surface area contributed by atoms with E-state index in [1.54, 1.807) is 24.3 Å². The molecule has 5 rings (SSSR count). The number of halogens is 2. The van der Waals surface area contributed by atoms with Crippen LogP contribution >= 0.6 is 0 Å². The van der Waals surface area contributed by atoms with Crippen LogP contribution in [-0.2, 0) is 0 Å². The third kappa shape index (κ3) is 1.74. The Morgan fingerprint density at radius 2 is 1.67 bits per heavy atom. The first kappa shape index (κ1) is 14.3. The van der Waals surface area contributed by atoms with Crippen molar-refractivity contribution in [2.45, 2.75) is 43.7 Å². The Morgan fingerprint density at radius 1 is 1.00 bits per heavy atom.